The molecule has 2 aromatic rings. The van der Waals surface area contributed by atoms with E-state index in [-0.39, 0.29) is 0 Å². The molecular weight excluding hydrogens is 306 g/mol. The summed E-state index contributed by atoms with van der Waals surface area (Å²) in [4.78, 5) is 18.5. The number of aryl methyl sites for hydroxylation is 1. The molecule has 0 saturated carbocycles. The summed E-state index contributed by atoms with van der Waals surface area (Å²) in [5, 5.41) is 3.28. The summed E-state index contributed by atoms with van der Waals surface area (Å²) in [5.74, 6) is 0.296. The lowest BCUT2D eigenvalue weighted by Gasteiger charge is -2.13. The van der Waals surface area contributed by atoms with Crippen LogP contribution in [-0.2, 0) is 17.8 Å². The maximum absolute atomic E-state index is 11.7. The predicted octanol–water partition coefficient (Wildman–Crippen LogP) is 3.80. The van der Waals surface area contributed by atoms with Crippen LogP contribution in [0.15, 0.2) is 11.4 Å². The molecule has 0 aromatic carbocycles. The predicted molar refractivity (Wildman–Crippen MR) is 94.8 cm³/mol. The quantitative estimate of drug-likeness (QED) is 0.807. The number of aromatic nitrogens is 2. The second kappa shape index (κ2) is 6.87. The van der Waals surface area contributed by atoms with Crippen molar-refractivity contribution >= 4 is 17.2 Å². The van der Waals surface area contributed by atoms with E-state index in [2.05, 4.69) is 36.8 Å². The molecule has 3 rings (SSSR count). The molecule has 2 aromatic heterocycles. The van der Waals surface area contributed by atoms with Crippen molar-refractivity contribution in [2.45, 2.75) is 53.0 Å². The molecule has 1 fully saturated rings. The van der Waals surface area contributed by atoms with E-state index in [1.54, 1.807) is 11.3 Å². The number of carbonyl (C=O) groups excluding carboxylic acids is 1. The van der Waals surface area contributed by atoms with Crippen molar-refractivity contribution in [1.82, 2.24) is 14.5 Å². The average Bonchev–Trinajstić information content (AvgIpc) is 3.21. The summed E-state index contributed by atoms with van der Waals surface area (Å²) in [7, 11) is 0. The summed E-state index contributed by atoms with van der Waals surface area (Å²) in [5.41, 5.74) is 4.93. The minimum absolute atomic E-state index is 0.296. The van der Waals surface area contributed by atoms with Crippen LogP contribution in [0.2, 0.25) is 0 Å². The molecule has 1 aliphatic heterocycles. The van der Waals surface area contributed by atoms with E-state index in [1.807, 2.05) is 4.90 Å². The van der Waals surface area contributed by atoms with E-state index in [9.17, 15) is 4.79 Å². The van der Waals surface area contributed by atoms with Crippen molar-refractivity contribution in [3.05, 3.63) is 27.8 Å². The molecule has 0 unspecified atom stereocenters. The summed E-state index contributed by atoms with van der Waals surface area (Å²) in [6.45, 7) is 9.33. The van der Waals surface area contributed by atoms with Gasteiger partial charge in [-0.05, 0) is 32.8 Å². The number of thiazole rings is 1. The lowest BCUT2D eigenvalue weighted by Crippen LogP contribution is -2.26. The Kier molecular flexibility index (Phi) is 4.85. The fourth-order valence-electron chi connectivity index (χ4n) is 3.35. The molecule has 1 saturated heterocycles. The highest BCUT2D eigenvalue weighted by Gasteiger charge is 2.20. The average molecular weight is 331 g/mol. The first-order chi connectivity index (χ1) is 11.1. The highest BCUT2D eigenvalue weighted by Crippen LogP contribution is 2.28. The van der Waals surface area contributed by atoms with E-state index in [4.69, 9.17) is 4.98 Å². The topological polar surface area (TPSA) is 38.1 Å². The van der Waals surface area contributed by atoms with Gasteiger partial charge in [-0.25, -0.2) is 4.98 Å². The second-order valence-corrected chi connectivity index (χ2v) is 7.24. The van der Waals surface area contributed by atoms with Crippen LogP contribution in [0.5, 0.6) is 0 Å². The number of carbonyl (C=O) groups is 1. The molecule has 3 heterocycles. The Balaban J connectivity index is 1.72. The summed E-state index contributed by atoms with van der Waals surface area (Å²) < 4.78 is 2.37. The fraction of sp³-hybridized carbons (Fsp3) is 0.556. The minimum Gasteiger partial charge on any atom is -0.348 e. The van der Waals surface area contributed by atoms with Crippen LogP contribution in [-0.4, -0.2) is 33.4 Å². The SMILES string of the molecule is CCCn1c(C)cc(-c2csc(CCN3CCCC3=O)n2)c1C. The van der Waals surface area contributed by atoms with Gasteiger partial charge in [-0.1, -0.05) is 6.92 Å². The maximum atomic E-state index is 11.7. The molecule has 4 nitrogen and oxygen atoms in total. The molecule has 23 heavy (non-hydrogen) atoms. The lowest BCUT2D eigenvalue weighted by molar-refractivity contribution is -0.127. The first-order valence-corrected chi connectivity index (χ1v) is 9.37. The number of likely N-dealkylation sites (tertiary alicyclic amines) is 1. The zero-order valence-corrected chi connectivity index (χ0v) is 15.1. The molecule has 5 heteroatoms. The van der Waals surface area contributed by atoms with Gasteiger partial charge in [-0.15, -0.1) is 11.3 Å². The summed E-state index contributed by atoms with van der Waals surface area (Å²) in [6, 6.07) is 2.24. The molecule has 0 bridgehead atoms. The largest absolute Gasteiger partial charge is 0.348 e. The van der Waals surface area contributed by atoms with Crippen molar-refractivity contribution in [3.8, 4) is 11.3 Å². The van der Waals surface area contributed by atoms with Gasteiger partial charge in [-0.3, -0.25) is 4.79 Å². The van der Waals surface area contributed by atoms with Crippen LogP contribution in [0.4, 0.5) is 0 Å². The van der Waals surface area contributed by atoms with Crippen molar-refractivity contribution < 1.29 is 4.79 Å². The Morgan fingerprint density at radius 2 is 2.13 bits per heavy atom. The molecule has 0 spiro atoms. The lowest BCUT2D eigenvalue weighted by atomic mass is 10.2. The molecule has 0 radical (unpaired) electrons. The zero-order valence-electron chi connectivity index (χ0n) is 14.3. The second-order valence-electron chi connectivity index (χ2n) is 6.30. The molecular formula is C18H25N3OS. The van der Waals surface area contributed by atoms with Gasteiger partial charge in [0.05, 0.1) is 10.7 Å². The van der Waals surface area contributed by atoms with Crippen molar-refractivity contribution in [2.24, 2.45) is 0 Å². The molecule has 1 aliphatic rings. The highest BCUT2D eigenvalue weighted by molar-refractivity contribution is 7.09. The van der Waals surface area contributed by atoms with E-state index < -0.39 is 0 Å². The first kappa shape index (κ1) is 16.2. The summed E-state index contributed by atoms with van der Waals surface area (Å²) in [6.07, 6.45) is 3.73. The van der Waals surface area contributed by atoms with Crippen molar-refractivity contribution in [1.29, 1.82) is 0 Å². The summed E-state index contributed by atoms with van der Waals surface area (Å²) >= 11 is 1.71. The monoisotopic (exact) mass is 331 g/mol. The number of rotatable bonds is 6. The smallest absolute Gasteiger partial charge is 0.222 e. The van der Waals surface area contributed by atoms with Gasteiger partial charge in [-0.2, -0.15) is 0 Å². The Morgan fingerprint density at radius 1 is 1.30 bits per heavy atom. The van der Waals surface area contributed by atoms with E-state index >= 15 is 0 Å². The van der Waals surface area contributed by atoms with Gasteiger partial charge in [0.15, 0.2) is 0 Å². The third kappa shape index (κ3) is 3.34. The van der Waals surface area contributed by atoms with Gasteiger partial charge in [0.1, 0.15) is 0 Å². The number of hydrogen-bond acceptors (Lipinski definition) is 3. The Morgan fingerprint density at radius 3 is 2.83 bits per heavy atom. The first-order valence-electron chi connectivity index (χ1n) is 8.49. The Bertz CT molecular complexity index is 701. The van der Waals surface area contributed by atoms with Crippen LogP contribution in [0.25, 0.3) is 11.3 Å². The van der Waals surface area contributed by atoms with E-state index in [0.717, 1.165) is 49.6 Å². The van der Waals surface area contributed by atoms with E-state index in [0.29, 0.717) is 12.3 Å². The van der Waals surface area contributed by atoms with Gasteiger partial charge in [0.2, 0.25) is 5.91 Å². The molecule has 0 atom stereocenters. The third-order valence-corrected chi connectivity index (χ3v) is 5.52. The number of nitrogens with zero attached hydrogens (tertiary/aromatic N) is 3. The third-order valence-electron chi connectivity index (χ3n) is 4.62. The van der Waals surface area contributed by atoms with Crippen LogP contribution >= 0.6 is 11.3 Å². The fourth-order valence-corrected chi connectivity index (χ4v) is 4.14. The molecule has 0 N–H and O–H groups in total. The maximum Gasteiger partial charge on any atom is 0.222 e. The molecule has 124 valence electrons. The molecule has 0 aliphatic carbocycles. The standard InChI is InChI=1S/C18H25N3OS/c1-4-8-21-13(2)11-15(14(21)3)16-12-23-17(19-16)7-10-20-9-5-6-18(20)22/h11-12H,4-10H2,1-3H3. The van der Waals surface area contributed by atoms with Gasteiger partial charge < -0.3 is 9.47 Å². The van der Waals surface area contributed by atoms with Crippen LogP contribution in [0.1, 0.15) is 42.6 Å². The normalized spacial score (nSPS) is 14.9. The van der Waals surface area contributed by atoms with Crippen molar-refractivity contribution in [2.75, 3.05) is 13.1 Å². The van der Waals surface area contributed by atoms with Crippen LogP contribution < -0.4 is 0 Å². The molecule has 1 amide bonds. The van der Waals surface area contributed by atoms with Crippen molar-refractivity contribution in [3.63, 3.8) is 0 Å². The van der Waals surface area contributed by atoms with Gasteiger partial charge in [0, 0.05) is 54.8 Å². The Labute approximate surface area is 142 Å². The van der Waals surface area contributed by atoms with Crippen LogP contribution in [0, 0.1) is 13.8 Å². The van der Waals surface area contributed by atoms with E-state index in [1.165, 1.54) is 17.0 Å². The van der Waals surface area contributed by atoms with Gasteiger partial charge >= 0.3 is 0 Å². The number of amides is 1. The van der Waals surface area contributed by atoms with Gasteiger partial charge in [0.25, 0.3) is 0 Å². The zero-order chi connectivity index (χ0) is 16.4. The minimum atomic E-state index is 0.296. The highest BCUT2D eigenvalue weighted by atomic mass is 32.1. The van der Waals surface area contributed by atoms with Crippen LogP contribution in [0.3, 0.4) is 0 Å². The Hall–Kier alpha value is -1.62. The number of hydrogen-bond donors (Lipinski definition) is 0.